The molecule has 0 radical (unpaired) electrons. The molecule has 0 spiro atoms. The predicted octanol–water partition coefficient (Wildman–Crippen LogP) is 3.88. The number of ether oxygens (including phenoxy) is 2. The number of hydrogen-bond donors (Lipinski definition) is 1. The minimum Gasteiger partial charge on any atom is -0.375 e. The van der Waals surface area contributed by atoms with Crippen LogP contribution in [0.5, 0.6) is 0 Å². The summed E-state index contributed by atoms with van der Waals surface area (Å²) in [6, 6.07) is 8.82. The minimum atomic E-state index is 0. The molecule has 1 aromatic carbocycles. The number of aliphatic imine (C=N–C) groups is 1. The van der Waals surface area contributed by atoms with Crippen molar-refractivity contribution in [3.8, 4) is 0 Å². The van der Waals surface area contributed by atoms with E-state index in [1.54, 1.807) is 0 Å². The summed E-state index contributed by atoms with van der Waals surface area (Å²) >= 11 is 0. The van der Waals surface area contributed by atoms with Gasteiger partial charge in [-0.3, -0.25) is 4.90 Å². The summed E-state index contributed by atoms with van der Waals surface area (Å²) in [4.78, 5) is 10.0. The Bertz CT molecular complexity index is 726. The van der Waals surface area contributed by atoms with Crippen molar-refractivity contribution in [2.75, 3.05) is 45.9 Å². The van der Waals surface area contributed by atoms with Gasteiger partial charge in [-0.05, 0) is 56.2 Å². The fourth-order valence-corrected chi connectivity index (χ4v) is 5.11. The first-order chi connectivity index (χ1) is 15.2. The molecule has 3 heterocycles. The molecule has 3 saturated heterocycles. The number of guanidine groups is 1. The molecular formula is C25H41IN4O2. The van der Waals surface area contributed by atoms with Crippen LogP contribution in [0.1, 0.15) is 50.7 Å². The number of likely N-dealkylation sites (tertiary alicyclic amines) is 1. The monoisotopic (exact) mass is 556 g/mol. The Morgan fingerprint density at radius 3 is 2.59 bits per heavy atom. The van der Waals surface area contributed by atoms with E-state index in [1.165, 1.54) is 37.1 Å². The molecule has 3 unspecified atom stereocenters. The molecule has 3 aliphatic heterocycles. The molecule has 0 aliphatic carbocycles. The summed E-state index contributed by atoms with van der Waals surface area (Å²) in [5.41, 5.74) is 2.75. The second-order valence-corrected chi connectivity index (χ2v) is 9.33. The number of benzene rings is 1. The molecule has 1 aromatic rings. The fourth-order valence-electron chi connectivity index (χ4n) is 5.11. The van der Waals surface area contributed by atoms with Gasteiger partial charge in [0.15, 0.2) is 5.96 Å². The van der Waals surface area contributed by atoms with Crippen LogP contribution in [0, 0.1) is 5.92 Å². The number of rotatable bonds is 6. The second-order valence-electron chi connectivity index (χ2n) is 9.33. The zero-order valence-corrected chi connectivity index (χ0v) is 22.1. The Labute approximate surface area is 211 Å². The molecule has 7 heteroatoms. The number of nitrogens with zero attached hydrogens (tertiary/aromatic N) is 3. The van der Waals surface area contributed by atoms with Crippen LogP contribution >= 0.6 is 24.0 Å². The molecule has 0 bridgehead atoms. The SMILES string of the molecule is CCNC(=NCc1ccccc1CN1CCCC(C)C1)N1CCOC(C2CCCO2)C1.I. The van der Waals surface area contributed by atoms with Crippen LogP contribution in [-0.2, 0) is 22.6 Å². The van der Waals surface area contributed by atoms with Crippen LogP contribution in [0.3, 0.4) is 0 Å². The van der Waals surface area contributed by atoms with Gasteiger partial charge >= 0.3 is 0 Å². The van der Waals surface area contributed by atoms with E-state index in [1.807, 2.05) is 0 Å². The molecule has 32 heavy (non-hydrogen) atoms. The van der Waals surface area contributed by atoms with Gasteiger partial charge in [-0.2, -0.15) is 0 Å². The standard InChI is InChI=1S/C25H40N4O2.HI/c1-3-26-25(29-13-15-31-24(19-29)23-11-7-14-30-23)27-16-21-9-4-5-10-22(21)18-28-12-6-8-20(2)17-28;/h4-5,9-10,20,23-24H,3,6-8,11-19H2,1-2H3,(H,26,27);1H. The van der Waals surface area contributed by atoms with E-state index in [9.17, 15) is 0 Å². The normalized spacial score (nSPS) is 27.2. The lowest BCUT2D eigenvalue weighted by molar-refractivity contribution is -0.0817. The lowest BCUT2D eigenvalue weighted by atomic mass is 9.99. The van der Waals surface area contributed by atoms with Crippen molar-refractivity contribution < 1.29 is 9.47 Å². The number of piperidine rings is 1. The molecule has 0 saturated carbocycles. The van der Waals surface area contributed by atoms with Crippen molar-refractivity contribution in [3.63, 3.8) is 0 Å². The number of morpholine rings is 1. The highest BCUT2D eigenvalue weighted by Gasteiger charge is 2.32. The van der Waals surface area contributed by atoms with Gasteiger partial charge in [-0.1, -0.05) is 31.2 Å². The van der Waals surface area contributed by atoms with Crippen LogP contribution in [0.4, 0.5) is 0 Å². The quantitative estimate of drug-likeness (QED) is 0.328. The topological polar surface area (TPSA) is 49.3 Å². The van der Waals surface area contributed by atoms with Crippen molar-refractivity contribution in [2.24, 2.45) is 10.9 Å². The molecule has 1 N–H and O–H groups in total. The molecular weight excluding hydrogens is 515 g/mol. The highest BCUT2D eigenvalue weighted by Crippen LogP contribution is 2.22. The van der Waals surface area contributed by atoms with E-state index in [0.29, 0.717) is 6.54 Å². The van der Waals surface area contributed by atoms with Crippen molar-refractivity contribution in [3.05, 3.63) is 35.4 Å². The van der Waals surface area contributed by atoms with Crippen LogP contribution in [0.25, 0.3) is 0 Å². The number of nitrogens with one attached hydrogen (secondary N) is 1. The van der Waals surface area contributed by atoms with Gasteiger partial charge in [-0.15, -0.1) is 24.0 Å². The highest BCUT2D eigenvalue weighted by molar-refractivity contribution is 14.0. The highest BCUT2D eigenvalue weighted by atomic mass is 127. The minimum absolute atomic E-state index is 0. The molecule has 6 nitrogen and oxygen atoms in total. The van der Waals surface area contributed by atoms with Gasteiger partial charge in [0.1, 0.15) is 6.10 Å². The van der Waals surface area contributed by atoms with Crippen molar-refractivity contribution in [2.45, 2.75) is 64.8 Å². The van der Waals surface area contributed by atoms with Crippen LogP contribution in [0.2, 0.25) is 0 Å². The third-order valence-electron chi connectivity index (χ3n) is 6.76. The first kappa shape index (κ1) is 25.7. The summed E-state index contributed by atoms with van der Waals surface area (Å²) in [7, 11) is 0. The lowest BCUT2D eigenvalue weighted by Gasteiger charge is -2.37. The Morgan fingerprint density at radius 1 is 1.03 bits per heavy atom. The zero-order valence-electron chi connectivity index (χ0n) is 19.8. The molecule has 0 aromatic heterocycles. The summed E-state index contributed by atoms with van der Waals surface area (Å²) < 4.78 is 11.9. The van der Waals surface area contributed by atoms with Gasteiger partial charge in [-0.25, -0.2) is 4.99 Å². The Morgan fingerprint density at radius 2 is 1.84 bits per heavy atom. The van der Waals surface area contributed by atoms with E-state index in [2.05, 4.69) is 53.2 Å². The van der Waals surface area contributed by atoms with E-state index in [0.717, 1.165) is 64.1 Å². The van der Waals surface area contributed by atoms with E-state index >= 15 is 0 Å². The third-order valence-corrected chi connectivity index (χ3v) is 6.76. The fraction of sp³-hybridized carbons (Fsp3) is 0.720. The van der Waals surface area contributed by atoms with Crippen LogP contribution in [-0.4, -0.2) is 73.9 Å². The molecule has 0 amide bonds. The summed E-state index contributed by atoms with van der Waals surface area (Å²) in [5.74, 6) is 1.80. The predicted molar refractivity (Wildman–Crippen MR) is 141 cm³/mol. The second kappa shape index (κ2) is 13.1. The maximum atomic E-state index is 6.04. The van der Waals surface area contributed by atoms with Crippen LogP contribution < -0.4 is 5.32 Å². The molecule has 180 valence electrons. The molecule has 3 fully saturated rings. The first-order valence-corrected chi connectivity index (χ1v) is 12.3. The molecule has 4 rings (SSSR count). The smallest absolute Gasteiger partial charge is 0.194 e. The molecule has 3 atom stereocenters. The van der Waals surface area contributed by atoms with E-state index in [-0.39, 0.29) is 36.2 Å². The Kier molecular flexibility index (Phi) is 10.5. The zero-order chi connectivity index (χ0) is 21.5. The largest absolute Gasteiger partial charge is 0.375 e. The van der Waals surface area contributed by atoms with Crippen molar-refractivity contribution in [1.82, 2.24) is 15.1 Å². The number of hydrogen-bond acceptors (Lipinski definition) is 4. The Balaban J connectivity index is 0.00000289. The average Bonchev–Trinajstić information content (AvgIpc) is 3.33. The van der Waals surface area contributed by atoms with E-state index in [4.69, 9.17) is 14.5 Å². The van der Waals surface area contributed by atoms with Gasteiger partial charge in [0.2, 0.25) is 0 Å². The van der Waals surface area contributed by atoms with Crippen molar-refractivity contribution in [1.29, 1.82) is 0 Å². The first-order valence-electron chi connectivity index (χ1n) is 12.3. The summed E-state index contributed by atoms with van der Waals surface area (Å²) in [6.45, 7) is 12.9. The summed E-state index contributed by atoms with van der Waals surface area (Å²) in [6.07, 6.45) is 5.31. The molecule has 3 aliphatic rings. The third kappa shape index (κ3) is 7.05. The average molecular weight is 557 g/mol. The Hall–Kier alpha value is -0.900. The maximum Gasteiger partial charge on any atom is 0.194 e. The number of halogens is 1. The van der Waals surface area contributed by atoms with Gasteiger partial charge in [0, 0.05) is 39.3 Å². The lowest BCUT2D eigenvalue weighted by Crippen LogP contribution is -2.53. The van der Waals surface area contributed by atoms with Gasteiger partial charge < -0.3 is 19.7 Å². The van der Waals surface area contributed by atoms with Crippen molar-refractivity contribution >= 4 is 29.9 Å². The van der Waals surface area contributed by atoms with Crippen LogP contribution in [0.15, 0.2) is 29.3 Å². The van der Waals surface area contributed by atoms with Gasteiger partial charge in [0.05, 0.1) is 19.3 Å². The van der Waals surface area contributed by atoms with Gasteiger partial charge in [0.25, 0.3) is 0 Å². The summed E-state index contributed by atoms with van der Waals surface area (Å²) in [5, 5.41) is 3.51. The maximum absolute atomic E-state index is 6.04. The van der Waals surface area contributed by atoms with E-state index < -0.39 is 0 Å².